The first-order valence-electron chi connectivity index (χ1n) is 3.70. The zero-order valence-corrected chi connectivity index (χ0v) is 6.66. The number of nitrogens with zero attached hydrogens (tertiary/aromatic N) is 1. The summed E-state index contributed by atoms with van der Waals surface area (Å²) in [5.74, 6) is 0. The molecule has 1 N–H and O–H groups in total. The van der Waals surface area contributed by atoms with Crippen molar-refractivity contribution in [3.63, 3.8) is 0 Å². The lowest BCUT2D eigenvalue weighted by molar-refractivity contribution is 0.112. The number of aromatic nitrogens is 2. The first-order valence-corrected chi connectivity index (χ1v) is 3.70. The number of H-pyrrole nitrogens is 1. The van der Waals surface area contributed by atoms with E-state index in [-0.39, 0.29) is 0 Å². The van der Waals surface area contributed by atoms with Crippen LogP contribution >= 0.6 is 0 Å². The van der Waals surface area contributed by atoms with Gasteiger partial charge in [0.25, 0.3) is 0 Å². The summed E-state index contributed by atoms with van der Waals surface area (Å²) >= 11 is 0. The van der Waals surface area contributed by atoms with Crippen LogP contribution in [0.25, 0.3) is 10.9 Å². The second-order valence-corrected chi connectivity index (χ2v) is 2.74. The van der Waals surface area contributed by atoms with Crippen LogP contribution < -0.4 is 0 Å². The van der Waals surface area contributed by atoms with Crippen LogP contribution in [0.5, 0.6) is 0 Å². The maximum Gasteiger partial charge on any atom is 0.152 e. The first-order chi connectivity index (χ1) is 5.83. The van der Waals surface area contributed by atoms with E-state index in [1.165, 1.54) is 0 Å². The van der Waals surface area contributed by atoms with E-state index in [4.69, 9.17) is 0 Å². The van der Waals surface area contributed by atoms with Gasteiger partial charge in [-0.1, -0.05) is 0 Å². The normalized spacial score (nSPS) is 10.4. The molecule has 3 heteroatoms. The molecule has 0 saturated carbocycles. The van der Waals surface area contributed by atoms with Crippen molar-refractivity contribution in [1.82, 2.24) is 9.97 Å². The van der Waals surface area contributed by atoms with Gasteiger partial charge < -0.3 is 4.98 Å². The smallest absolute Gasteiger partial charge is 0.152 e. The van der Waals surface area contributed by atoms with Gasteiger partial charge in [-0.05, 0) is 12.5 Å². The maximum absolute atomic E-state index is 10.6. The largest absolute Gasteiger partial charge is 0.359 e. The lowest BCUT2D eigenvalue weighted by Crippen LogP contribution is -1.81. The highest BCUT2D eigenvalue weighted by molar-refractivity contribution is 5.98. The molecule has 60 valence electrons. The molecule has 3 nitrogen and oxygen atoms in total. The molecule has 2 heterocycles. The molecule has 2 aromatic heterocycles. The Morgan fingerprint density at radius 1 is 1.50 bits per heavy atom. The second-order valence-electron chi connectivity index (χ2n) is 2.74. The van der Waals surface area contributed by atoms with Crippen LogP contribution in [0.1, 0.15) is 15.9 Å². The Balaban J connectivity index is 2.91. The van der Waals surface area contributed by atoms with Gasteiger partial charge in [0, 0.05) is 23.3 Å². The van der Waals surface area contributed by atoms with E-state index in [0.717, 1.165) is 22.8 Å². The predicted octanol–water partition coefficient (Wildman–Crippen LogP) is 1.68. The summed E-state index contributed by atoms with van der Waals surface area (Å²) in [6, 6.07) is 0. The molecule has 0 amide bonds. The third kappa shape index (κ3) is 0.830. The molecule has 0 unspecified atom stereocenters. The minimum atomic E-state index is 0.699. The molecular weight excluding hydrogens is 152 g/mol. The highest BCUT2D eigenvalue weighted by Crippen LogP contribution is 2.18. The van der Waals surface area contributed by atoms with Crippen LogP contribution in [-0.4, -0.2) is 16.3 Å². The van der Waals surface area contributed by atoms with E-state index in [1.54, 1.807) is 18.6 Å². The van der Waals surface area contributed by atoms with Crippen molar-refractivity contribution in [3.8, 4) is 0 Å². The Morgan fingerprint density at radius 3 is 3.08 bits per heavy atom. The SMILES string of the molecule is Cc1cncc2[nH]cc(C=O)c12. The Kier molecular flexibility index (Phi) is 1.43. The van der Waals surface area contributed by atoms with Gasteiger partial charge in [-0.3, -0.25) is 9.78 Å². The van der Waals surface area contributed by atoms with Gasteiger partial charge in [0.2, 0.25) is 0 Å². The number of hydrogen-bond acceptors (Lipinski definition) is 2. The van der Waals surface area contributed by atoms with Crippen molar-refractivity contribution in [2.45, 2.75) is 6.92 Å². The van der Waals surface area contributed by atoms with Gasteiger partial charge in [0.05, 0.1) is 11.7 Å². The third-order valence-electron chi connectivity index (χ3n) is 1.93. The summed E-state index contributed by atoms with van der Waals surface area (Å²) < 4.78 is 0. The van der Waals surface area contributed by atoms with E-state index in [1.807, 2.05) is 6.92 Å². The van der Waals surface area contributed by atoms with Gasteiger partial charge in [-0.2, -0.15) is 0 Å². The van der Waals surface area contributed by atoms with E-state index >= 15 is 0 Å². The number of rotatable bonds is 1. The average molecular weight is 160 g/mol. The number of carbonyl (C=O) groups excluding carboxylic acids is 1. The van der Waals surface area contributed by atoms with Gasteiger partial charge in [0.1, 0.15) is 0 Å². The van der Waals surface area contributed by atoms with E-state index in [9.17, 15) is 4.79 Å². The average Bonchev–Trinajstić information content (AvgIpc) is 2.49. The van der Waals surface area contributed by atoms with Crippen molar-refractivity contribution >= 4 is 17.2 Å². The molecule has 2 aromatic rings. The lowest BCUT2D eigenvalue weighted by atomic mass is 10.1. The number of fused-ring (bicyclic) bond motifs is 1. The molecule has 12 heavy (non-hydrogen) atoms. The molecule has 0 spiro atoms. The fraction of sp³-hybridized carbons (Fsp3) is 0.111. The number of carbonyl (C=O) groups is 1. The molecule has 0 aliphatic carbocycles. The topological polar surface area (TPSA) is 45.8 Å². The standard InChI is InChI=1S/C9H8N2O/c1-6-2-10-4-8-9(6)7(5-12)3-11-8/h2-5,11H,1H3. The van der Waals surface area contributed by atoms with Crippen molar-refractivity contribution in [3.05, 3.63) is 29.7 Å². The van der Waals surface area contributed by atoms with Crippen molar-refractivity contribution in [2.75, 3.05) is 0 Å². The van der Waals surface area contributed by atoms with Crippen LogP contribution in [-0.2, 0) is 0 Å². The minimum Gasteiger partial charge on any atom is -0.359 e. The van der Waals surface area contributed by atoms with Gasteiger partial charge in [-0.25, -0.2) is 0 Å². The lowest BCUT2D eigenvalue weighted by Gasteiger charge is -1.94. The molecule has 0 fully saturated rings. The summed E-state index contributed by atoms with van der Waals surface area (Å²) in [6.45, 7) is 1.94. The monoisotopic (exact) mass is 160 g/mol. The number of pyridine rings is 1. The summed E-state index contributed by atoms with van der Waals surface area (Å²) in [4.78, 5) is 17.6. The molecular formula is C9H8N2O. The van der Waals surface area contributed by atoms with Crippen LogP contribution in [0, 0.1) is 6.92 Å². The fourth-order valence-electron chi connectivity index (χ4n) is 1.38. The van der Waals surface area contributed by atoms with Crippen molar-refractivity contribution < 1.29 is 4.79 Å². The number of aldehydes is 1. The van der Waals surface area contributed by atoms with E-state index in [0.29, 0.717) is 5.56 Å². The van der Waals surface area contributed by atoms with Crippen LogP contribution in [0.3, 0.4) is 0 Å². The second kappa shape index (κ2) is 2.44. The van der Waals surface area contributed by atoms with Crippen LogP contribution in [0.15, 0.2) is 18.6 Å². The molecule has 0 saturated heterocycles. The summed E-state index contributed by atoms with van der Waals surface area (Å²) in [7, 11) is 0. The number of aromatic amines is 1. The third-order valence-corrected chi connectivity index (χ3v) is 1.93. The summed E-state index contributed by atoms with van der Waals surface area (Å²) in [6.07, 6.45) is 6.02. The van der Waals surface area contributed by atoms with Crippen molar-refractivity contribution in [1.29, 1.82) is 0 Å². The van der Waals surface area contributed by atoms with Crippen LogP contribution in [0.4, 0.5) is 0 Å². The fourth-order valence-corrected chi connectivity index (χ4v) is 1.38. The maximum atomic E-state index is 10.6. The van der Waals surface area contributed by atoms with Crippen LogP contribution in [0.2, 0.25) is 0 Å². The number of hydrogen-bond donors (Lipinski definition) is 1. The first kappa shape index (κ1) is 7.03. The Bertz CT molecular complexity index is 431. The van der Waals surface area contributed by atoms with Gasteiger partial charge in [-0.15, -0.1) is 0 Å². The van der Waals surface area contributed by atoms with Crippen molar-refractivity contribution in [2.24, 2.45) is 0 Å². The molecule has 0 radical (unpaired) electrons. The van der Waals surface area contributed by atoms with E-state index < -0.39 is 0 Å². The Hall–Kier alpha value is -1.64. The highest BCUT2D eigenvalue weighted by atomic mass is 16.1. The molecule has 0 aromatic carbocycles. The summed E-state index contributed by atoms with van der Waals surface area (Å²) in [5.41, 5.74) is 2.64. The van der Waals surface area contributed by atoms with E-state index in [2.05, 4.69) is 9.97 Å². The Labute approximate surface area is 69.4 Å². The Morgan fingerprint density at radius 2 is 2.33 bits per heavy atom. The quantitative estimate of drug-likeness (QED) is 0.645. The molecule has 0 bridgehead atoms. The summed E-state index contributed by atoms with van der Waals surface area (Å²) in [5, 5.41) is 0.972. The molecule has 0 aliphatic heterocycles. The number of aryl methyl sites for hydroxylation is 1. The molecule has 0 atom stereocenters. The number of nitrogens with one attached hydrogen (secondary N) is 1. The predicted molar refractivity (Wildman–Crippen MR) is 46.2 cm³/mol. The highest BCUT2D eigenvalue weighted by Gasteiger charge is 2.04. The zero-order chi connectivity index (χ0) is 8.55. The molecule has 0 aliphatic rings. The minimum absolute atomic E-state index is 0.699. The van der Waals surface area contributed by atoms with Gasteiger partial charge in [0.15, 0.2) is 6.29 Å². The van der Waals surface area contributed by atoms with Gasteiger partial charge >= 0.3 is 0 Å². The zero-order valence-electron chi connectivity index (χ0n) is 6.66. The molecule has 2 rings (SSSR count).